The second-order valence-corrected chi connectivity index (χ2v) is 2.35. The number of nitrogens with zero attached hydrogens (tertiary/aromatic N) is 2. The number of carboxylic acid groups (broad SMARTS) is 1. The number of aliphatic carboxylic acids is 1. The maximum atomic E-state index is 10.3. The molecule has 0 aliphatic rings. The minimum absolute atomic E-state index is 0. The summed E-state index contributed by atoms with van der Waals surface area (Å²) in [6.07, 6.45) is 4.74. The molecule has 72 valence electrons. The van der Waals surface area contributed by atoms with Crippen molar-refractivity contribution < 1.29 is 9.90 Å². The molecule has 0 fully saturated rings. The maximum Gasteiger partial charge on any atom is 0.320 e. The van der Waals surface area contributed by atoms with Crippen LogP contribution < -0.4 is 5.73 Å². The number of hydrogen-bond donors (Lipinski definition) is 2. The Labute approximate surface area is 81.4 Å². The summed E-state index contributed by atoms with van der Waals surface area (Å²) in [7, 11) is 0. The minimum atomic E-state index is -1.03. The van der Waals surface area contributed by atoms with Crippen LogP contribution in [0.25, 0.3) is 0 Å². The number of aromatic nitrogens is 2. The first-order valence-electron chi connectivity index (χ1n) is 3.43. The highest BCUT2D eigenvalue weighted by molar-refractivity contribution is 5.85. The fourth-order valence-electron chi connectivity index (χ4n) is 0.748. The lowest BCUT2D eigenvalue weighted by atomic mass is 10.2. The quantitative estimate of drug-likeness (QED) is 0.714. The number of carboxylic acids is 1. The molecule has 0 amide bonds. The van der Waals surface area contributed by atoms with Crippen LogP contribution in [0.3, 0.4) is 0 Å². The molecule has 1 aromatic heterocycles. The lowest BCUT2D eigenvalue weighted by Gasteiger charge is -2.03. The number of carbonyl (C=O) groups is 1. The van der Waals surface area contributed by atoms with Gasteiger partial charge in [0.25, 0.3) is 0 Å². The molecule has 1 atom stereocenters. The molecule has 0 saturated heterocycles. The average molecular weight is 204 g/mol. The summed E-state index contributed by atoms with van der Waals surface area (Å²) in [6.45, 7) is 0. The van der Waals surface area contributed by atoms with Gasteiger partial charge >= 0.3 is 5.97 Å². The fraction of sp³-hybridized carbons (Fsp3) is 0.286. The van der Waals surface area contributed by atoms with Crippen LogP contribution in [0.2, 0.25) is 0 Å². The SMILES string of the molecule is Cl.N[C@H](Cc1cnccn1)C(=O)O. The summed E-state index contributed by atoms with van der Waals surface area (Å²) in [5.41, 5.74) is 5.87. The largest absolute Gasteiger partial charge is 0.480 e. The predicted octanol–water partition coefficient (Wildman–Crippen LogP) is -0.147. The summed E-state index contributed by atoms with van der Waals surface area (Å²) >= 11 is 0. The highest BCUT2D eigenvalue weighted by atomic mass is 35.5. The van der Waals surface area contributed by atoms with Crippen LogP contribution >= 0.6 is 12.4 Å². The monoisotopic (exact) mass is 203 g/mol. The topological polar surface area (TPSA) is 89.1 Å². The van der Waals surface area contributed by atoms with Crippen molar-refractivity contribution in [2.45, 2.75) is 12.5 Å². The van der Waals surface area contributed by atoms with Crippen LogP contribution in [-0.4, -0.2) is 27.1 Å². The standard InChI is InChI=1S/C7H9N3O2.ClH/c8-6(7(11)12)3-5-4-9-1-2-10-5;/h1-2,4,6H,3,8H2,(H,11,12);1H/t6-;/m1./s1. The van der Waals surface area contributed by atoms with Gasteiger partial charge in [0, 0.05) is 25.0 Å². The third-order valence-electron chi connectivity index (χ3n) is 1.36. The van der Waals surface area contributed by atoms with E-state index in [0.717, 1.165) is 0 Å². The molecule has 0 unspecified atom stereocenters. The Morgan fingerprint density at radius 3 is 2.77 bits per heavy atom. The molecule has 1 heterocycles. The van der Waals surface area contributed by atoms with Gasteiger partial charge in [-0.05, 0) is 0 Å². The van der Waals surface area contributed by atoms with Crippen LogP contribution in [-0.2, 0) is 11.2 Å². The zero-order valence-corrected chi connectivity index (χ0v) is 7.57. The van der Waals surface area contributed by atoms with Crippen molar-refractivity contribution in [1.29, 1.82) is 0 Å². The molecule has 0 bridgehead atoms. The molecule has 1 rings (SSSR count). The van der Waals surface area contributed by atoms with E-state index in [9.17, 15) is 4.79 Å². The van der Waals surface area contributed by atoms with Crippen LogP contribution in [0, 0.1) is 0 Å². The van der Waals surface area contributed by atoms with E-state index in [1.807, 2.05) is 0 Å². The molecule has 0 aliphatic heterocycles. The Balaban J connectivity index is 0.00000144. The molecule has 3 N–H and O–H groups in total. The highest BCUT2D eigenvalue weighted by Gasteiger charge is 2.12. The van der Waals surface area contributed by atoms with Crippen molar-refractivity contribution in [2.75, 3.05) is 0 Å². The zero-order valence-electron chi connectivity index (χ0n) is 6.75. The Hall–Kier alpha value is -1.20. The summed E-state index contributed by atoms with van der Waals surface area (Å²) < 4.78 is 0. The van der Waals surface area contributed by atoms with Crippen molar-refractivity contribution in [3.05, 3.63) is 24.3 Å². The molecule has 0 aromatic carbocycles. The number of nitrogens with two attached hydrogens (primary N) is 1. The van der Waals surface area contributed by atoms with Gasteiger partial charge in [0.05, 0.1) is 5.69 Å². The summed E-state index contributed by atoms with van der Waals surface area (Å²) in [6, 6.07) is -0.901. The van der Waals surface area contributed by atoms with Crippen molar-refractivity contribution in [3.8, 4) is 0 Å². The summed E-state index contributed by atoms with van der Waals surface area (Å²) in [5.74, 6) is -1.03. The van der Waals surface area contributed by atoms with Gasteiger partial charge in [-0.25, -0.2) is 0 Å². The Morgan fingerprint density at radius 1 is 1.62 bits per heavy atom. The molecule has 0 spiro atoms. The lowest BCUT2D eigenvalue weighted by molar-refractivity contribution is -0.138. The van der Waals surface area contributed by atoms with Crippen LogP contribution in [0.1, 0.15) is 5.69 Å². The van der Waals surface area contributed by atoms with Crippen molar-refractivity contribution in [2.24, 2.45) is 5.73 Å². The lowest BCUT2D eigenvalue weighted by Crippen LogP contribution is -2.32. The van der Waals surface area contributed by atoms with E-state index >= 15 is 0 Å². The second-order valence-electron chi connectivity index (χ2n) is 2.35. The Morgan fingerprint density at radius 2 is 2.31 bits per heavy atom. The summed E-state index contributed by atoms with van der Waals surface area (Å²) in [4.78, 5) is 18.0. The zero-order chi connectivity index (χ0) is 8.97. The molecule has 5 nitrogen and oxygen atoms in total. The van der Waals surface area contributed by atoms with Crippen LogP contribution in [0.4, 0.5) is 0 Å². The first-order valence-corrected chi connectivity index (χ1v) is 3.43. The molecule has 0 aliphatic carbocycles. The number of hydrogen-bond acceptors (Lipinski definition) is 4. The van der Waals surface area contributed by atoms with E-state index in [0.29, 0.717) is 5.69 Å². The van der Waals surface area contributed by atoms with Gasteiger partial charge in [0.1, 0.15) is 6.04 Å². The van der Waals surface area contributed by atoms with Gasteiger partial charge in [-0.2, -0.15) is 0 Å². The maximum absolute atomic E-state index is 10.3. The third kappa shape index (κ3) is 3.82. The van der Waals surface area contributed by atoms with E-state index in [4.69, 9.17) is 10.8 Å². The van der Waals surface area contributed by atoms with Crippen molar-refractivity contribution >= 4 is 18.4 Å². The number of rotatable bonds is 3. The van der Waals surface area contributed by atoms with E-state index in [1.165, 1.54) is 18.6 Å². The van der Waals surface area contributed by atoms with E-state index in [2.05, 4.69) is 9.97 Å². The Bertz CT molecular complexity index is 268. The normalized spacial score (nSPS) is 11.5. The molecular formula is C7H10ClN3O2. The van der Waals surface area contributed by atoms with Crippen LogP contribution in [0.15, 0.2) is 18.6 Å². The number of halogens is 1. The van der Waals surface area contributed by atoms with Gasteiger partial charge in [0.2, 0.25) is 0 Å². The van der Waals surface area contributed by atoms with Gasteiger partial charge in [-0.3, -0.25) is 14.8 Å². The fourth-order valence-corrected chi connectivity index (χ4v) is 0.748. The average Bonchev–Trinajstić information content (AvgIpc) is 2.06. The van der Waals surface area contributed by atoms with E-state index in [-0.39, 0.29) is 18.8 Å². The molecule has 0 saturated carbocycles. The first kappa shape index (κ1) is 11.8. The van der Waals surface area contributed by atoms with Gasteiger partial charge in [-0.15, -0.1) is 12.4 Å². The predicted molar refractivity (Wildman–Crippen MR) is 48.6 cm³/mol. The molecule has 0 radical (unpaired) electrons. The van der Waals surface area contributed by atoms with Crippen LogP contribution in [0.5, 0.6) is 0 Å². The minimum Gasteiger partial charge on any atom is -0.480 e. The molecule has 6 heteroatoms. The van der Waals surface area contributed by atoms with E-state index in [1.54, 1.807) is 0 Å². The van der Waals surface area contributed by atoms with Gasteiger partial charge in [-0.1, -0.05) is 0 Å². The van der Waals surface area contributed by atoms with E-state index < -0.39 is 12.0 Å². The smallest absolute Gasteiger partial charge is 0.320 e. The van der Waals surface area contributed by atoms with Gasteiger partial charge in [0.15, 0.2) is 0 Å². The Kier molecular flexibility index (Phi) is 4.94. The molecular weight excluding hydrogens is 194 g/mol. The second kappa shape index (κ2) is 5.45. The highest BCUT2D eigenvalue weighted by Crippen LogP contribution is 1.94. The van der Waals surface area contributed by atoms with Gasteiger partial charge < -0.3 is 10.8 Å². The molecule has 13 heavy (non-hydrogen) atoms. The van der Waals surface area contributed by atoms with Crippen molar-refractivity contribution in [3.63, 3.8) is 0 Å². The third-order valence-corrected chi connectivity index (χ3v) is 1.36. The summed E-state index contributed by atoms with van der Waals surface area (Å²) in [5, 5.41) is 8.47. The first-order chi connectivity index (χ1) is 5.70. The van der Waals surface area contributed by atoms with Crippen molar-refractivity contribution in [1.82, 2.24) is 9.97 Å². The molecule has 1 aromatic rings.